The van der Waals surface area contributed by atoms with E-state index in [1.807, 2.05) is 6.07 Å². The van der Waals surface area contributed by atoms with Gasteiger partial charge in [0, 0.05) is 0 Å². The summed E-state index contributed by atoms with van der Waals surface area (Å²) in [5.41, 5.74) is 1.12. The van der Waals surface area contributed by atoms with Crippen molar-refractivity contribution in [2.45, 2.75) is 6.92 Å². The van der Waals surface area contributed by atoms with Crippen LogP contribution in [-0.2, 0) is 9.53 Å². The van der Waals surface area contributed by atoms with Crippen LogP contribution in [-0.4, -0.2) is 29.8 Å². The fourth-order valence-electron chi connectivity index (χ4n) is 3.22. The number of ether oxygens (including phenoxy) is 3. The van der Waals surface area contributed by atoms with Crippen molar-refractivity contribution in [3.63, 3.8) is 0 Å². The predicted octanol–water partition coefficient (Wildman–Crippen LogP) is 6.82. The first-order chi connectivity index (χ1) is 17.0. The van der Waals surface area contributed by atoms with Crippen LogP contribution in [0.25, 0.3) is 6.08 Å². The van der Waals surface area contributed by atoms with Crippen LogP contribution in [0.2, 0.25) is 0 Å². The molecular weight excluding hydrogens is 469 g/mol. The number of hydrogen-bond donors (Lipinski definition) is 1. The molecule has 0 aliphatic carbocycles. The number of halogens is 1. The first-order valence-corrected chi connectivity index (χ1v) is 11.6. The van der Waals surface area contributed by atoms with Gasteiger partial charge in [-0.2, -0.15) is 0 Å². The summed E-state index contributed by atoms with van der Waals surface area (Å²) in [6.07, 6.45) is 1.63. The Morgan fingerprint density at radius 2 is 1.80 bits per heavy atom. The Morgan fingerprint density at radius 1 is 1.06 bits per heavy atom. The second-order valence-corrected chi connectivity index (χ2v) is 8.31. The van der Waals surface area contributed by atoms with Gasteiger partial charge in [-0.15, -0.1) is 0 Å². The molecule has 1 heterocycles. The third-order valence-corrected chi connectivity index (χ3v) is 5.92. The van der Waals surface area contributed by atoms with Crippen LogP contribution in [0, 0.1) is 5.82 Å². The van der Waals surface area contributed by atoms with Gasteiger partial charge in [-0.05, 0) is 67.1 Å². The molecule has 1 aliphatic heterocycles. The first kappa shape index (κ1) is 24.1. The molecule has 0 amide bonds. The number of benzene rings is 3. The number of carbonyl (C=O) groups excluding carboxylic acids is 1. The topological polar surface area (TPSA) is 77.4 Å². The Morgan fingerprint density at radius 3 is 2.49 bits per heavy atom. The molecular formula is C27H22FNO5S. The van der Waals surface area contributed by atoms with E-state index in [9.17, 15) is 14.3 Å². The lowest BCUT2D eigenvalue weighted by Gasteiger charge is -2.08. The summed E-state index contributed by atoms with van der Waals surface area (Å²) in [5, 5.41) is 11.2. The van der Waals surface area contributed by atoms with Gasteiger partial charge in [-0.25, -0.2) is 14.2 Å². The van der Waals surface area contributed by atoms with Gasteiger partial charge in [0.25, 0.3) is 0 Å². The van der Waals surface area contributed by atoms with Crippen LogP contribution in [0.4, 0.5) is 10.1 Å². The minimum Gasteiger partial charge on any atom is -0.506 e. The van der Waals surface area contributed by atoms with Crippen LogP contribution >= 0.6 is 11.8 Å². The molecule has 0 atom stereocenters. The summed E-state index contributed by atoms with van der Waals surface area (Å²) >= 11 is 1.12. The Hall–Kier alpha value is -4.04. The van der Waals surface area contributed by atoms with Gasteiger partial charge in [0.1, 0.15) is 27.9 Å². The molecule has 3 aromatic carbocycles. The molecule has 0 saturated carbocycles. The van der Waals surface area contributed by atoms with E-state index in [-0.39, 0.29) is 23.7 Å². The lowest BCUT2D eigenvalue weighted by atomic mass is 10.1. The number of aliphatic imine (C=N–C) groups is 1. The highest BCUT2D eigenvalue weighted by Gasteiger charge is 2.33. The zero-order valence-corrected chi connectivity index (χ0v) is 19.8. The van der Waals surface area contributed by atoms with Crippen molar-refractivity contribution in [1.29, 1.82) is 0 Å². The number of aliphatic hydroxyl groups excluding tert-OH is 1. The number of para-hydroxylation sites is 1. The van der Waals surface area contributed by atoms with Crippen LogP contribution in [0.15, 0.2) is 94.0 Å². The summed E-state index contributed by atoms with van der Waals surface area (Å²) in [4.78, 5) is 17.5. The Kier molecular flexibility index (Phi) is 7.52. The van der Waals surface area contributed by atoms with Crippen molar-refractivity contribution in [3.8, 4) is 17.2 Å². The zero-order valence-electron chi connectivity index (χ0n) is 19.0. The van der Waals surface area contributed by atoms with E-state index in [4.69, 9.17) is 14.2 Å². The molecule has 0 bridgehead atoms. The predicted molar refractivity (Wildman–Crippen MR) is 135 cm³/mol. The molecule has 0 fully saturated rings. The Bertz CT molecular complexity index is 1320. The third-order valence-electron chi connectivity index (χ3n) is 4.90. The minimum atomic E-state index is -0.680. The van der Waals surface area contributed by atoms with E-state index < -0.39 is 11.8 Å². The maximum atomic E-state index is 14.4. The van der Waals surface area contributed by atoms with E-state index in [1.54, 1.807) is 74.7 Å². The Balaban J connectivity index is 1.68. The highest BCUT2D eigenvalue weighted by Crippen LogP contribution is 2.41. The van der Waals surface area contributed by atoms with E-state index in [1.165, 1.54) is 12.1 Å². The van der Waals surface area contributed by atoms with Crippen LogP contribution in [0.1, 0.15) is 12.5 Å². The van der Waals surface area contributed by atoms with Crippen molar-refractivity contribution in [2.75, 3.05) is 13.7 Å². The summed E-state index contributed by atoms with van der Waals surface area (Å²) in [6.45, 7) is 1.83. The van der Waals surface area contributed by atoms with Crippen LogP contribution in [0.5, 0.6) is 17.2 Å². The van der Waals surface area contributed by atoms with Gasteiger partial charge in [0.2, 0.25) is 0 Å². The average Bonchev–Trinajstić information content (AvgIpc) is 3.16. The smallest absolute Gasteiger partial charge is 0.344 e. The quantitative estimate of drug-likeness (QED) is 0.366. The minimum absolute atomic E-state index is 0.0261. The zero-order chi connectivity index (χ0) is 24.8. The number of esters is 1. The van der Waals surface area contributed by atoms with E-state index in [2.05, 4.69) is 4.99 Å². The van der Waals surface area contributed by atoms with Gasteiger partial charge >= 0.3 is 5.97 Å². The summed E-state index contributed by atoms with van der Waals surface area (Å²) in [6, 6.07) is 20.2. The number of rotatable bonds is 7. The maximum Gasteiger partial charge on any atom is 0.344 e. The van der Waals surface area contributed by atoms with Crippen molar-refractivity contribution in [3.05, 3.63) is 100 Å². The van der Waals surface area contributed by atoms with E-state index in [0.29, 0.717) is 32.7 Å². The second kappa shape index (κ2) is 10.9. The fourth-order valence-corrected chi connectivity index (χ4v) is 4.26. The molecule has 0 radical (unpaired) electrons. The number of nitrogens with zero attached hydrogens (tertiary/aromatic N) is 1. The molecule has 4 rings (SSSR count). The summed E-state index contributed by atoms with van der Waals surface area (Å²) < 4.78 is 30.3. The number of carbonyl (C=O) groups is 1. The van der Waals surface area contributed by atoms with Crippen molar-refractivity contribution in [2.24, 2.45) is 4.99 Å². The molecule has 0 spiro atoms. The summed E-state index contributed by atoms with van der Waals surface area (Å²) in [5.74, 6) is -0.260. The molecule has 0 saturated heterocycles. The maximum absolute atomic E-state index is 14.4. The average molecular weight is 492 g/mol. The molecule has 0 aromatic heterocycles. The van der Waals surface area contributed by atoms with Crippen LogP contribution < -0.4 is 9.47 Å². The standard InChI is InChI=1S/C27H22FNO5S/c1-3-33-27(31)24-25(30)23(35-26(24)29-18-10-12-19(32-2)13-11-18)16-17-9-14-21(28)22(15-17)34-20-7-5-4-6-8-20/h4-16,30H,3H2,1-2H3/b23-16+,29-26?. The lowest BCUT2D eigenvalue weighted by molar-refractivity contribution is -0.138. The van der Waals surface area contributed by atoms with Crippen molar-refractivity contribution < 1.29 is 28.5 Å². The largest absolute Gasteiger partial charge is 0.506 e. The highest BCUT2D eigenvalue weighted by atomic mass is 32.2. The fraction of sp³-hybridized carbons (Fsp3) is 0.111. The van der Waals surface area contributed by atoms with Crippen molar-refractivity contribution in [1.82, 2.24) is 0 Å². The van der Waals surface area contributed by atoms with Crippen LogP contribution in [0.3, 0.4) is 0 Å². The van der Waals surface area contributed by atoms with Gasteiger partial charge in [0.15, 0.2) is 11.6 Å². The SMILES string of the molecule is CCOC(=O)C1=C(O)/C(=C\c2ccc(F)c(Oc3ccccc3)c2)SC1=Nc1ccc(OC)cc1. The molecule has 8 heteroatoms. The number of thioether (sulfide) groups is 1. The molecule has 6 nitrogen and oxygen atoms in total. The first-order valence-electron chi connectivity index (χ1n) is 10.7. The van der Waals surface area contributed by atoms with E-state index in [0.717, 1.165) is 11.8 Å². The second-order valence-electron chi connectivity index (χ2n) is 7.27. The van der Waals surface area contributed by atoms with E-state index >= 15 is 0 Å². The molecule has 1 N–H and O–H groups in total. The molecule has 3 aromatic rings. The number of aliphatic hydroxyl groups is 1. The van der Waals surface area contributed by atoms with Gasteiger partial charge < -0.3 is 19.3 Å². The molecule has 1 aliphatic rings. The van der Waals surface area contributed by atoms with Gasteiger partial charge in [-0.3, -0.25) is 0 Å². The number of hydrogen-bond acceptors (Lipinski definition) is 7. The lowest BCUT2D eigenvalue weighted by Crippen LogP contribution is -2.12. The normalized spacial score (nSPS) is 15.5. The molecule has 0 unspecified atom stereocenters. The van der Waals surface area contributed by atoms with Gasteiger partial charge in [0.05, 0.1) is 24.3 Å². The third kappa shape index (κ3) is 5.73. The highest BCUT2D eigenvalue weighted by molar-refractivity contribution is 8.18. The van der Waals surface area contributed by atoms with Crippen molar-refractivity contribution >= 4 is 34.5 Å². The monoisotopic (exact) mass is 491 g/mol. The molecule has 178 valence electrons. The Labute approximate surface area is 206 Å². The number of methoxy groups -OCH3 is 1. The molecule has 35 heavy (non-hydrogen) atoms. The summed E-state index contributed by atoms with van der Waals surface area (Å²) in [7, 11) is 1.57. The van der Waals surface area contributed by atoms with Gasteiger partial charge in [-0.1, -0.05) is 36.0 Å².